The Balaban J connectivity index is 1.95. The Bertz CT molecular complexity index is 911. The summed E-state index contributed by atoms with van der Waals surface area (Å²) in [7, 11) is 0. The van der Waals surface area contributed by atoms with Crippen LogP contribution in [0.4, 0.5) is 0 Å². The summed E-state index contributed by atoms with van der Waals surface area (Å²) in [4.78, 5) is 28.7. The van der Waals surface area contributed by atoms with Gasteiger partial charge in [-0.15, -0.1) is 0 Å². The molecule has 25 heavy (non-hydrogen) atoms. The van der Waals surface area contributed by atoms with Gasteiger partial charge in [-0.2, -0.15) is 0 Å². The minimum atomic E-state index is -0.451. The molecule has 132 valence electrons. The molecule has 2 aliphatic rings. The summed E-state index contributed by atoms with van der Waals surface area (Å²) in [6.07, 6.45) is 3.15. The molecule has 0 amide bonds. The molecule has 2 aromatic rings. The van der Waals surface area contributed by atoms with Crippen molar-refractivity contribution in [2.24, 2.45) is 11.8 Å². The van der Waals surface area contributed by atoms with E-state index in [0.717, 1.165) is 19.3 Å². The maximum atomic E-state index is 13.3. The molecule has 2 heterocycles. The zero-order valence-corrected chi connectivity index (χ0v) is 14.9. The van der Waals surface area contributed by atoms with Gasteiger partial charge < -0.3 is 4.74 Å². The van der Waals surface area contributed by atoms with Gasteiger partial charge in [0, 0.05) is 11.8 Å². The molecule has 1 N–H and O–H groups in total. The first-order valence-electron chi connectivity index (χ1n) is 9.02. The van der Waals surface area contributed by atoms with Crippen molar-refractivity contribution in [1.29, 1.82) is 0 Å². The molecule has 5 nitrogen and oxygen atoms in total. The van der Waals surface area contributed by atoms with E-state index in [4.69, 9.17) is 4.74 Å². The minimum Gasteiger partial charge on any atom is -0.472 e. The molecular weight excluding hydrogens is 316 g/mol. The summed E-state index contributed by atoms with van der Waals surface area (Å²) in [6.45, 7) is 6.36. The van der Waals surface area contributed by atoms with E-state index >= 15 is 0 Å². The van der Waals surface area contributed by atoms with Crippen LogP contribution in [0.3, 0.4) is 0 Å². The van der Waals surface area contributed by atoms with Gasteiger partial charge in [0.25, 0.3) is 5.56 Å². The smallest absolute Gasteiger partial charge is 0.335 e. The van der Waals surface area contributed by atoms with Crippen LogP contribution >= 0.6 is 0 Å². The number of fused-ring (bicyclic) bond motifs is 3. The zero-order valence-electron chi connectivity index (χ0n) is 14.9. The van der Waals surface area contributed by atoms with Crippen molar-refractivity contribution in [3.8, 4) is 11.6 Å². The third-order valence-corrected chi connectivity index (χ3v) is 5.86. The summed E-state index contributed by atoms with van der Waals surface area (Å²) < 4.78 is 7.34. The Morgan fingerprint density at radius 3 is 2.60 bits per heavy atom. The van der Waals surface area contributed by atoms with Crippen LogP contribution in [-0.4, -0.2) is 15.2 Å². The van der Waals surface area contributed by atoms with E-state index in [-0.39, 0.29) is 17.1 Å². The standard InChI is InChI=1S/C20H24N2O3/c1-12-9-10-15-14(11-12)16-17(25-20(15,2)3)21-19(24)22(18(16)23)13-7-5-4-6-8-13/h4-8,12,14-15H,9-11H2,1-3H3,(H,21,24)/t12-,14-,15+/m0/s1. The molecule has 1 aliphatic carbocycles. The monoisotopic (exact) mass is 340 g/mol. The van der Waals surface area contributed by atoms with Crippen LogP contribution < -0.4 is 16.0 Å². The third kappa shape index (κ3) is 2.53. The number of H-pyrrole nitrogens is 1. The molecule has 1 aliphatic heterocycles. The fraction of sp³-hybridized carbons (Fsp3) is 0.500. The highest BCUT2D eigenvalue weighted by Crippen LogP contribution is 2.50. The summed E-state index contributed by atoms with van der Waals surface area (Å²) in [6, 6.07) is 9.07. The van der Waals surface area contributed by atoms with Crippen LogP contribution in [0.2, 0.25) is 0 Å². The van der Waals surface area contributed by atoms with E-state index in [9.17, 15) is 9.59 Å². The quantitative estimate of drug-likeness (QED) is 0.867. The maximum Gasteiger partial charge on any atom is 0.335 e. The van der Waals surface area contributed by atoms with Gasteiger partial charge in [0.15, 0.2) is 0 Å². The predicted octanol–water partition coefficient (Wildman–Crippen LogP) is 3.22. The molecule has 0 unspecified atom stereocenters. The number of nitrogens with one attached hydrogen (secondary N) is 1. The number of aromatic nitrogens is 2. The number of benzene rings is 1. The largest absolute Gasteiger partial charge is 0.472 e. The van der Waals surface area contributed by atoms with Crippen molar-refractivity contribution in [2.45, 2.75) is 51.6 Å². The van der Waals surface area contributed by atoms with Crippen molar-refractivity contribution < 1.29 is 4.74 Å². The number of aromatic amines is 1. The molecule has 0 radical (unpaired) electrons. The Kier molecular flexibility index (Phi) is 3.63. The first-order chi connectivity index (χ1) is 11.9. The lowest BCUT2D eigenvalue weighted by molar-refractivity contribution is -0.0190. The van der Waals surface area contributed by atoms with Crippen molar-refractivity contribution in [3.63, 3.8) is 0 Å². The van der Waals surface area contributed by atoms with Crippen molar-refractivity contribution in [1.82, 2.24) is 9.55 Å². The minimum absolute atomic E-state index is 0.127. The fourth-order valence-corrected chi connectivity index (χ4v) is 4.62. The summed E-state index contributed by atoms with van der Waals surface area (Å²) in [5.41, 5.74) is 0.144. The molecule has 5 heteroatoms. The number of rotatable bonds is 1. The second-order valence-electron chi connectivity index (χ2n) is 7.99. The SMILES string of the molecule is C[C@H]1CC[C@@H]2[C@H](C1)c1c([nH]c(=O)n(-c3ccccc3)c1=O)OC2(C)C. The lowest BCUT2D eigenvalue weighted by Gasteiger charge is -2.47. The van der Waals surface area contributed by atoms with E-state index in [1.54, 1.807) is 12.1 Å². The fourth-order valence-electron chi connectivity index (χ4n) is 4.62. The number of nitrogens with zero attached hydrogens (tertiary/aromatic N) is 1. The Hall–Kier alpha value is -2.30. The normalized spacial score (nSPS) is 27.1. The second kappa shape index (κ2) is 5.61. The van der Waals surface area contributed by atoms with E-state index in [1.165, 1.54) is 4.57 Å². The molecule has 0 spiro atoms. The van der Waals surface area contributed by atoms with Crippen LogP contribution in [0.25, 0.3) is 5.69 Å². The van der Waals surface area contributed by atoms with Crippen LogP contribution in [0, 0.1) is 11.8 Å². The second-order valence-corrected chi connectivity index (χ2v) is 7.99. The molecule has 1 aromatic carbocycles. The Labute approximate surface area is 146 Å². The first-order valence-corrected chi connectivity index (χ1v) is 9.02. The Morgan fingerprint density at radius 2 is 1.88 bits per heavy atom. The number of ether oxygens (including phenoxy) is 1. The van der Waals surface area contributed by atoms with Gasteiger partial charge in [-0.25, -0.2) is 9.36 Å². The van der Waals surface area contributed by atoms with Crippen LogP contribution in [0.15, 0.2) is 39.9 Å². The average Bonchev–Trinajstić information content (AvgIpc) is 2.54. The lowest BCUT2D eigenvalue weighted by atomic mass is 9.65. The van der Waals surface area contributed by atoms with Crippen LogP contribution in [-0.2, 0) is 0 Å². The van der Waals surface area contributed by atoms with Gasteiger partial charge in [-0.3, -0.25) is 9.78 Å². The molecule has 1 fully saturated rings. The van der Waals surface area contributed by atoms with Crippen LogP contribution in [0.5, 0.6) is 5.88 Å². The molecular formula is C20H24N2O3. The molecule has 0 saturated heterocycles. The summed E-state index contributed by atoms with van der Waals surface area (Å²) in [5.74, 6) is 1.35. The zero-order chi connectivity index (χ0) is 17.8. The topological polar surface area (TPSA) is 64.1 Å². The number of hydrogen-bond acceptors (Lipinski definition) is 3. The predicted molar refractivity (Wildman–Crippen MR) is 96.6 cm³/mol. The molecule has 4 rings (SSSR count). The average molecular weight is 340 g/mol. The molecule has 3 atom stereocenters. The van der Waals surface area contributed by atoms with Crippen molar-refractivity contribution >= 4 is 0 Å². The number of hydrogen-bond donors (Lipinski definition) is 1. The highest BCUT2D eigenvalue weighted by Gasteiger charge is 2.48. The number of para-hydroxylation sites is 1. The van der Waals surface area contributed by atoms with Gasteiger partial charge >= 0.3 is 5.69 Å². The highest BCUT2D eigenvalue weighted by molar-refractivity contribution is 5.38. The first kappa shape index (κ1) is 16.2. The lowest BCUT2D eigenvalue weighted by Crippen LogP contribution is -2.51. The van der Waals surface area contributed by atoms with Gasteiger partial charge in [0.1, 0.15) is 5.60 Å². The summed E-state index contributed by atoms with van der Waals surface area (Å²) >= 11 is 0. The van der Waals surface area contributed by atoms with E-state index in [0.29, 0.717) is 29.0 Å². The third-order valence-electron chi connectivity index (χ3n) is 5.86. The summed E-state index contributed by atoms with van der Waals surface area (Å²) in [5, 5.41) is 0. The van der Waals surface area contributed by atoms with E-state index < -0.39 is 5.69 Å². The highest BCUT2D eigenvalue weighted by atomic mass is 16.5. The Morgan fingerprint density at radius 1 is 1.16 bits per heavy atom. The maximum absolute atomic E-state index is 13.3. The van der Waals surface area contributed by atoms with Crippen molar-refractivity contribution in [2.75, 3.05) is 0 Å². The molecule has 1 aromatic heterocycles. The van der Waals surface area contributed by atoms with Crippen LogP contribution in [0.1, 0.15) is 51.5 Å². The van der Waals surface area contributed by atoms with Crippen molar-refractivity contribution in [3.05, 3.63) is 56.7 Å². The van der Waals surface area contributed by atoms with E-state index in [2.05, 4.69) is 25.8 Å². The molecule has 0 bridgehead atoms. The van der Waals surface area contributed by atoms with E-state index in [1.807, 2.05) is 18.2 Å². The van der Waals surface area contributed by atoms with Gasteiger partial charge in [0.2, 0.25) is 5.88 Å². The molecule has 1 saturated carbocycles. The van der Waals surface area contributed by atoms with Gasteiger partial charge in [0.05, 0.1) is 11.3 Å². The van der Waals surface area contributed by atoms with Gasteiger partial charge in [-0.05, 0) is 44.7 Å². The van der Waals surface area contributed by atoms with Gasteiger partial charge in [-0.1, -0.05) is 31.5 Å².